The third kappa shape index (κ3) is 1.81. The van der Waals surface area contributed by atoms with Gasteiger partial charge in [-0.1, -0.05) is 18.2 Å². The number of fused-ring (bicyclic) bond motifs is 1. The van der Waals surface area contributed by atoms with Crippen molar-refractivity contribution in [2.45, 2.75) is 6.92 Å². The first-order valence-corrected chi connectivity index (χ1v) is 7.04. The van der Waals surface area contributed by atoms with Crippen molar-refractivity contribution in [2.24, 2.45) is 5.73 Å². The van der Waals surface area contributed by atoms with E-state index < -0.39 is 5.91 Å². The maximum absolute atomic E-state index is 11.2. The van der Waals surface area contributed by atoms with Gasteiger partial charge in [-0.25, -0.2) is 4.98 Å². The van der Waals surface area contributed by atoms with Crippen LogP contribution in [0.15, 0.2) is 30.3 Å². The monoisotopic (exact) mass is 274 g/mol. The van der Waals surface area contributed by atoms with Gasteiger partial charge in [0.15, 0.2) is 0 Å². The lowest BCUT2D eigenvalue weighted by molar-refractivity contribution is 0.100. The molecule has 0 aliphatic heterocycles. The highest BCUT2D eigenvalue weighted by Gasteiger charge is 2.15. The summed E-state index contributed by atoms with van der Waals surface area (Å²) < 4.78 is 1.22. The Morgan fingerprint density at radius 2 is 2.06 bits per heavy atom. The summed E-state index contributed by atoms with van der Waals surface area (Å²) in [5.74, 6) is -0.405. The summed E-state index contributed by atoms with van der Waals surface area (Å²) >= 11 is 3.04. The van der Waals surface area contributed by atoms with Crippen LogP contribution in [0, 0.1) is 6.92 Å². The maximum atomic E-state index is 11.2. The number of primary amides is 1. The quantitative estimate of drug-likeness (QED) is 0.778. The number of nitrogens with two attached hydrogens (primary N) is 1. The van der Waals surface area contributed by atoms with E-state index in [0.29, 0.717) is 10.6 Å². The van der Waals surface area contributed by atoms with Gasteiger partial charge >= 0.3 is 0 Å². The average Bonchev–Trinajstić information content (AvgIpc) is 2.91. The molecule has 0 atom stereocenters. The molecule has 0 radical (unpaired) electrons. The van der Waals surface area contributed by atoms with Crippen LogP contribution in [0.2, 0.25) is 0 Å². The van der Waals surface area contributed by atoms with E-state index in [1.54, 1.807) is 11.3 Å². The van der Waals surface area contributed by atoms with Gasteiger partial charge in [0.1, 0.15) is 9.88 Å². The summed E-state index contributed by atoms with van der Waals surface area (Å²) in [5.41, 5.74) is 6.02. The number of benzene rings is 1. The van der Waals surface area contributed by atoms with Crippen LogP contribution in [0.3, 0.4) is 0 Å². The fraction of sp³-hybridized carbons (Fsp3) is 0.0769. The van der Waals surface area contributed by atoms with Crippen LogP contribution in [-0.2, 0) is 0 Å². The van der Waals surface area contributed by atoms with Gasteiger partial charge in [0, 0.05) is 4.70 Å². The predicted molar refractivity (Wildman–Crippen MR) is 76.2 cm³/mol. The van der Waals surface area contributed by atoms with Gasteiger partial charge < -0.3 is 5.73 Å². The van der Waals surface area contributed by atoms with E-state index in [2.05, 4.69) is 23.2 Å². The van der Waals surface area contributed by atoms with Crippen molar-refractivity contribution in [2.75, 3.05) is 0 Å². The van der Waals surface area contributed by atoms with Crippen molar-refractivity contribution >= 4 is 38.7 Å². The van der Waals surface area contributed by atoms with Crippen molar-refractivity contribution in [3.8, 4) is 9.88 Å². The molecule has 3 aromatic rings. The first-order valence-electron chi connectivity index (χ1n) is 5.41. The molecule has 90 valence electrons. The fourth-order valence-corrected chi connectivity index (χ4v) is 3.84. The zero-order chi connectivity index (χ0) is 12.7. The van der Waals surface area contributed by atoms with Gasteiger partial charge in [-0.05, 0) is 24.4 Å². The van der Waals surface area contributed by atoms with Gasteiger partial charge in [0.05, 0.1) is 10.6 Å². The number of thiophene rings is 1. The third-order valence-electron chi connectivity index (χ3n) is 2.66. The minimum atomic E-state index is -0.405. The summed E-state index contributed by atoms with van der Waals surface area (Å²) in [6.45, 7) is 1.81. The number of aromatic nitrogens is 1. The smallest absolute Gasteiger partial charge is 0.260 e. The second-order valence-corrected chi connectivity index (χ2v) is 6.03. The van der Waals surface area contributed by atoms with E-state index in [1.165, 1.54) is 21.4 Å². The van der Waals surface area contributed by atoms with E-state index in [-0.39, 0.29) is 0 Å². The number of thiazole rings is 1. The first kappa shape index (κ1) is 11.4. The highest BCUT2D eigenvalue weighted by Crippen LogP contribution is 2.36. The Morgan fingerprint density at radius 1 is 1.28 bits per heavy atom. The van der Waals surface area contributed by atoms with E-state index in [9.17, 15) is 4.79 Å². The third-order valence-corrected chi connectivity index (χ3v) is 5.11. The van der Waals surface area contributed by atoms with Gasteiger partial charge in [0.2, 0.25) is 0 Å². The second kappa shape index (κ2) is 4.19. The van der Waals surface area contributed by atoms with E-state index in [4.69, 9.17) is 5.73 Å². The van der Waals surface area contributed by atoms with Crippen LogP contribution < -0.4 is 5.73 Å². The highest BCUT2D eigenvalue weighted by molar-refractivity contribution is 7.26. The number of rotatable bonds is 2. The number of amides is 1. The van der Waals surface area contributed by atoms with Crippen LogP contribution in [0.4, 0.5) is 0 Å². The molecule has 0 spiro atoms. The summed E-state index contributed by atoms with van der Waals surface area (Å²) in [6.07, 6.45) is 0. The molecule has 0 aliphatic rings. The van der Waals surface area contributed by atoms with Crippen molar-refractivity contribution in [3.63, 3.8) is 0 Å². The fourth-order valence-electron chi connectivity index (χ4n) is 1.82. The number of carbonyl (C=O) groups excluding carboxylic acids is 1. The topological polar surface area (TPSA) is 56.0 Å². The van der Waals surface area contributed by atoms with Crippen molar-refractivity contribution < 1.29 is 4.79 Å². The molecule has 0 unspecified atom stereocenters. The van der Waals surface area contributed by atoms with E-state index in [1.807, 2.05) is 19.1 Å². The van der Waals surface area contributed by atoms with Crippen molar-refractivity contribution in [1.29, 1.82) is 0 Å². The molecule has 5 heteroatoms. The number of nitrogens with zero attached hydrogens (tertiary/aromatic N) is 1. The number of carbonyl (C=O) groups is 1. The van der Waals surface area contributed by atoms with Crippen LogP contribution >= 0.6 is 22.7 Å². The molecule has 3 nitrogen and oxygen atoms in total. The normalized spacial score (nSPS) is 10.9. The molecule has 1 aromatic carbocycles. The van der Waals surface area contributed by atoms with Crippen LogP contribution in [0.25, 0.3) is 20.0 Å². The molecule has 3 rings (SSSR count). The maximum Gasteiger partial charge on any atom is 0.260 e. The molecule has 2 N–H and O–H groups in total. The van der Waals surface area contributed by atoms with Crippen LogP contribution in [-0.4, -0.2) is 10.9 Å². The largest absolute Gasteiger partial charge is 0.365 e. The minimum Gasteiger partial charge on any atom is -0.365 e. The summed E-state index contributed by atoms with van der Waals surface area (Å²) in [6, 6.07) is 10.3. The van der Waals surface area contributed by atoms with Gasteiger partial charge in [-0.15, -0.1) is 22.7 Å². The molecule has 0 aliphatic carbocycles. The second-order valence-electron chi connectivity index (χ2n) is 3.95. The number of aryl methyl sites for hydroxylation is 1. The lowest BCUT2D eigenvalue weighted by Gasteiger charge is -1.86. The van der Waals surface area contributed by atoms with E-state index in [0.717, 1.165) is 9.88 Å². The van der Waals surface area contributed by atoms with Gasteiger partial charge in [-0.2, -0.15) is 0 Å². The Bertz CT molecular complexity index is 709. The molecule has 0 fully saturated rings. The van der Waals surface area contributed by atoms with Gasteiger partial charge in [-0.3, -0.25) is 4.79 Å². The molecule has 2 aromatic heterocycles. The number of hydrogen-bond acceptors (Lipinski definition) is 4. The molecule has 18 heavy (non-hydrogen) atoms. The highest BCUT2D eigenvalue weighted by atomic mass is 32.1. The lowest BCUT2D eigenvalue weighted by atomic mass is 10.2. The minimum absolute atomic E-state index is 0.405. The Labute approximate surface area is 112 Å². The standard InChI is InChI=1S/C13H10N2OS2/c1-7-11(12(14)16)18-13(15-7)10-6-8-4-2-3-5-9(8)17-10/h2-6H,1H3,(H2,14,16). The summed E-state index contributed by atoms with van der Waals surface area (Å²) in [5, 5.41) is 2.06. The van der Waals surface area contributed by atoms with Crippen molar-refractivity contribution in [1.82, 2.24) is 4.98 Å². The molecule has 0 saturated carbocycles. The Hall–Kier alpha value is -1.72. The lowest BCUT2D eigenvalue weighted by Crippen LogP contribution is -2.09. The predicted octanol–water partition coefficient (Wildman–Crippen LogP) is 3.43. The Morgan fingerprint density at radius 3 is 2.72 bits per heavy atom. The summed E-state index contributed by atoms with van der Waals surface area (Å²) in [7, 11) is 0. The zero-order valence-electron chi connectivity index (χ0n) is 9.64. The molecule has 0 bridgehead atoms. The SMILES string of the molecule is Cc1nc(-c2cc3ccccc3s2)sc1C(N)=O. The number of hydrogen-bond donors (Lipinski definition) is 1. The zero-order valence-corrected chi connectivity index (χ0v) is 11.3. The summed E-state index contributed by atoms with van der Waals surface area (Å²) in [4.78, 5) is 17.3. The molecule has 0 saturated heterocycles. The molecular formula is C13H10N2OS2. The van der Waals surface area contributed by atoms with Crippen LogP contribution in [0.5, 0.6) is 0 Å². The average molecular weight is 274 g/mol. The molecule has 1 amide bonds. The Balaban J connectivity index is 2.14. The van der Waals surface area contributed by atoms with E-state index >= 15 is 0 Å². The molecular weight excluding hydrogens is 264 g/mol. The van der Waals surface area contributed by atoms with Gasteiger partial charge in [0.25, 0.3) is 5.91 Å². The Kier molecular flexibility index (Phi) is 2.65. The van der Waals surface area contributed by atoms with Crippen molar-refractivity contribution in [3.05, 3.63) is 40.9 Å². The van der Waals surface area contributed by atoms with Crippen LogP contribution in [0.1, 0.15) is 15.4 Å². The molecule has 2 heterocycles. The first-order chi connectivity index (χ1) is 8.65.